The van der Waals surface area contributed by atoms with Crippen LogP contribution in [0.4, 0.5) is 5.82 Å². The number of anilines is 1. The smallest absolute Gasteiger partial charge is 0.272 e. The minimum absolute atomic E-state index is 0.112. The van der Waals surface area contributed by atoms with Crippen LogP contribution in [0.25, 0.3) is 0 Å². The van der Waals surface area contributed by atoms with Crippen LogP contribution < -0.4 is 10.6 Å². The first kappa shape index (κ1) is 14.7. The van der Waals surface area contributed by atoms with Crippen molar-refractivity contribution in [3.05, 3.63) is 66.4 Å². The molecule has 0 bridgehead atoms. The Labute approximate surface area is 124 Å². The van der Waals surface area contributed by atoms with Gasteiger partial charge in [0.15, 0.2) is 5.69 Å². The SMILES string of the molecule is C=CCNC(=O)c1ccc(NC(C)c2ccccc2)nn1. The minimum Gasteiger partial charge on any atom is -0.362 e. The van der Waals surface area contributed by atoms with Gasteiger partial charge in [0.2, 0.25) is 0 Å². The first-order chi connectivity index (χ1) is 10.2. The molecule has 21 heavy (non-hydrogen) atoms. The number of benzene rings is 1. The standard InChI is InChI=1S/C16H18N4O/c1-3-11-17-16(21)14-9-10-15(20-19-14)18-12(2)13-7-5-4-6-8-13/h3-10,12H,1,11H2,2H3,(H,17,21)(H,18,20). The molecule has 0 fully saturated rings. The topological polar surface area (TPSA) is 66.9 Å². The van der Waals surface area contributed by atoms with E-state index in [1.165, 1.54) is 0 Å². The molecule has 0 aliphatic rings. The lowest BCUT2D eigenvalue weighted by Crippen LogP contribution is -2.24. The summed E-state index contributed by atoms with van der Waals surface area (Å²) in [6.07, 6.45) is 1.61. The molecule has 1 unspecified atom stereocenters. The third-order valence-electron chi connectivity index (χ3n) is 2.97. The maximum absolute atomic E-state index is 11.7. The highest BCUT2D eigenvalue weighted by Crippen LogP contribution is 2.16. The summed E-state index contributed by atoms with van der Waals surface area (Å²) in [5.41, 5.74) is 1.45. The van der Waals surface area contributed by atoms with Crippen LogP contribution in [0.15, 0.2) is 55.1 Å². The number of hydrogen-bond acceptors (Lipinski definition) is 4. The van der Waals surface area contributed by atoms with Crippen LogP contribution in [-0.4, -0.2) is 22.6 Å². The highest BCUT2D eigenvalue weighted by molar-refractivity contribution is 5.92. The lowest BCUT2D eigenvalue weighted by molar-refractivity contribution is 0.0952. The summed E-state index contributed by atoms with van der Waals surface area (Å²) in [6, 6.07) is 13.6. The maximum atomic E-state index is 11.7. The van der Waals surface area contributed by atoms with Gasteiger partial charge in [-0.1, -0.05) is 36.4 Å². The molecule has 0 radical (unpaired) electrons. The lowest BCUT2D eigenvalue weighted by atomic mass is 10.1. The van der Waals surface area contributed by atoms with E-state index in [0.717, 1.165) is 5.56 Å². The summed E-state index contributed by atoms with van der Waals surface area (Å²) in [6.45, 7) is 5.99. The summed E-state index contributed by atoms with van der Waals surface area (Å²) in [4.78, 5) is 11.7. The second kappa shape index (κ2) is 7.19. The van der Waals surface area contributed by atoms with E-state index in [2.05, 4.69) is 27.4 Å². The van der Waals surface area contributed by atoms with Crippen molar-refractivity contribution in [3.63, 3.8) is 0 Å². The molecule has 5 nitrogen and oxygen atoms in total. The number of nitrogens with zero attached hydrogens (tertiary/aromatic N) is 2. The lowest BCUT2D eigenvalue weighted by Gasteiger charge is -2.14. The molecule has 2 rings (SSSR count). The molecule has 1 amide bonds. The number of amides is 1. The van der Waals surface area contributed by atoms with Gasteiger partial charge in [-0.05, 0) is 24.6 Å². The predicted octanol–water partition coefficient (Wildman–Crippen LogP) is 2.57. The molecule has 1 aromatic heterocycles. The van der Waals surface area contributed by atoms with E-state index in [1.807, 2.05) is 37.3 Å². The Hall–Kier alpha value is -2.69. The van der Waals surface area contributed by atoms with Crippen LogP contribution in [0.3, 0.4) is 0 Å². The Kier molecular flexibility index (Phi) is 5.04. The molecule has 0 saturated heterocycles. The number of aromatic nitrogens is 2. The van der Waals surface area contributed by atoms with Gasteiger partial charge >= 0.3 is 0 Å². The number of carbonyl (C=O) groups excluding carboxylic acids is 1. The Morgan fingerprint density at radius 3 is 2.62 bits per heavy atom. The summed E-state index contributed by atoms with van der Waals surface area (Å²) < 4.78 is 0. The number of hydrogen-bond donors (Lipinski definition) is 2. The summed E-state index contributed by atoms with van der Waals surface area (Å²) in [7, 11) is 0. The molecule has 0 saturated carbocycles. The summed E-state index contributed by atoms with van der Waals surface area (Å²) in [5, 5.41) is 13.8. The summed E-state index contributed by atoms with van der Waals surface area (Å²) >= 11 is 0. The van der Waals surface area contributed by atoms with Gasteiger partial charge in [-0.15, -0.1) is 16.8 Å². The fraction of sp³-hybridized carbons (Fsp3) is 0.188. The van der Waals surface area contributed by atoms with E-state index in [4.69, 9.17) is 0 Å². The Bertz CT molecular complexity index is 595. The Morgan fingerprint density at radius 1 is 1.24 bits per heavy atom. The van der Waals surface area contributed by atoms with Crippen molar-refractivity contribution < 1.29 is 4.79 Å². The van der Waals surface area contributed by atoms with E-state index in [1.54, 1.807) is 18.2 Å². The fourth-order valence-corrected chi connectivity index (χ4v) is 1.83. The zero-order valence-corrected chi connectivity index (χ0v) is 11.9. The van der Waals surface area contributed by atoms with Gasteiger partial charge in [0.05, 0.1) is 0 Å². The molecule has 5 heteroatoms. The van der Waals surface area contributed by atoms with E-state index in [0.29, 0.717) is 12.4 Å². The van der Waals surface area contributed by atoms with Crippen molar-refractivity contribution in [2.45, 2.75) is 13.0 Å². The van der Waals surface area contributed by atoms with E-state index < -0.39 is 0 Å². The molecule has 2 N–H and O–H groups in total. The van der Waals surface area contributed by atoms with Crippen molar-refractivity contribution in [2.24, 2.45) is 0 Å². The molecule has 0 spiro atoms. The zero-order valence-electron chi connectivity index (χ0n) is 11.9. The Balaban J connectivity index is 1.99. The van der Waals surface area contributed by atoms with Crippen LogP contribution >= 0.6 is 0 Å². The quantitative estimate of drug-likeness (QED) is 0.799. The first-order valence-electron chi connectivity index (χ1n) is 6.75. The van der Waals surface area contributed by atoms with Gasteiger partial charge in [0, 0.05) is 12.6 Å². The molecule has 0 aliphatic carbocycles. The van der Waals surface area contributed by atoms with E-state index >= 15 is 0 Å². The second-order valence-electron chi connectivity index (χ2n) is 4.58. The fourth-order valence-electron chi connectivity index (χ4n) is 1.83. The zero-order chi connectivity index (χ0) is 15.1. The van der Waals surface area contributed by atoms with Crippen LogP contribution in [0.1, 0.15) is 29.0 Å². The number of rotatable bonds is 6. The first-order valence-corrected chi connectivity index (χ1v) is 6.75. The van der Waals surface area contributed by atoms with Crippen LogP contribution in [0, 0.1) is 0 Å². The third kappa shape index (κ3) is 4.14. The van der Waals surface area contributed by atoms with Crippen LogP contribution in [0.5, 0.6) is 0 Å². The van der Waals surface area contributed by atoms with Crippen molar-refractivity contribution in [1.29, 1.82) is 0 Å². The van der Waals surface area contributed by atoms with Crippen molar-refractivity contribution >= 4 is 11.7 Å². The molecular weight excluding hydrogens is 264 g/mol. The van der Waals surface area contributed by atoms with Gasteiger partial charge in [0.1, 0.15) is 5.82 Å². The molecule has 1 heterocycles. The van der Waals surface area contributed by atoms with Crippen LogP contribution in [-0.2, 0) is 0 Å². The highest BCUT2D eigenvalue weighted by atomic mass is 16.1. The molecule has 108 valence electrons. The van der Waals surface area contributed by atoms with Crippen molar-refractivity contribution in [1.82, 2.24) is 15.5 Å². The molecule has 0 aliphatic heterocycles. The predicted molar refractivity (Wildman–Crippen MR) is 83.0 cm³/mol. The van der Waals surface area contributed by atoms with E-state index in [-0.39, 0.29) is 17.6 Å². The van der Waals surface area contributed by atoms with Gasteiger partial charge in [-0.2, -0.15) is 0 Å². The van der Waals surface area contributed by atoms with Gasteiger partial charge in [-0.3, -0.25) is 4.79 Å². The maximum Gasteiger partial charge on any atom is 0.272 e. The van der Waals surface area contributed by atoms with Gasteiger partial charge in [0.25, 0.3) is 5.91 Å². The molecule has 2 aromatic rings. The largest absolute Gasteiger partial charge is 0.362 e. The van der Waals surface area contributed by atoms with Crippen molar-refractivity contribution in [3.8, 4) is 0 Å². The second-order valence-corrected chi connectivity index (χ2v) is 4.58. The number of carbonyl (C=O) groups is 1. The highest BCUT2D eigenvalue weighted by Gasteiger charge is 2.09. The van der Waals surface area contributed by atoms with E-state index in [9.17, 15) is 4.79 Å². The summed E-state index contributed by atoms with van der Waals surface area (Å²) in [5.74, 6) is 0.372. The number of nitrogens with one attached hydrogen (secondary N) is 2. The average molecular weight is 282 g/mol. The van der Waals surface area contributed by atoms with Crippen LogP contribution in [0.2, 0.25) is 0 Å². The third-order valence-corrected chi connectivity index (χ3v) is 2.97. The monoisotopic (exact) mass is 282 g/mol. The van der Waals surface area contributed by atoms with Crippen molar-refractivity contribution in [2.75, 3.05) is 11.9 Å². The minimum atomic E-state index is -0.259. The molecular formula is C16H18N4O. The van der Waals surface area contributed by atoms with Gasteiger partial charge in [-0.25, -0.2) is 0 Å². The Morgan fingerprint density at radius 2 is 2.00 bits per heavy atom. The average Bonchev–Trinajstić information content (AvgIpc) is 2.54. The van der Waals surface area contributed by atoms with Gasteiger partial charge < -0.3 is 10.6 Å². The molecule has 1 aromatic carbocycles. The molecule has 1 atom stereocenters. The normalized spacial score (nSPS) is 11.5.